The minimum Gasteiger partial charge on any atom is -0.490 e. The van der Waals surface area contributed by atoms with E-state index >= 15 is 0 Å². The molecule has 0 aliphatic carbocycles. The van der Waals surface area contributed by atoms with Gasteiger partial charge in [0, 0.05) is 6.54 Å². The molecule has 106 valence electrons. The summed E-state index contributed by atoms with van der Waals surface area (Å²) in [5.41, 5.74) is 0. The largest absolute Gasteiger partial charge is 0.490 e. The maximum absolute atomic E-state index is 5.93. The summed E-state index contributed by atoms with van der Waals surface area (Å²) in [7, 11) is 0. The third kappa shape index (κ3) is 3.77. The Morgan fingerprint density at radius 2 is 2.26 bits per heavy atom. The molecular formula is C15H23NO3. The van der Waals surface area contributed by atoms with Gasteiger partial charge in [-0.3, -0.25) is 0 Å². The van der Waals surface area contributed by atoms with Crippen LogP contribution >= 0.6 is 0 Å². The SMILES string of the molecule is CCCCNCC1COc2c(OCC)cccc2O1. The van der Waals surface area contributed by atoms with E-state index in [1.54, 1.807) is 0 Å². The zero-order chi connectivity index (χ0) is 13.5. The molecule has 1 atom stereocenters. The van der Waals surface area contributed by atoms with Crippen LogP contribution < -0.4 is 19.5 Å². The minimum atomic E-state index is 0.0706. The van der Waals surface area contributed by atoms with Gasteiger partial charge in [-0.2, -0.15) is 0 Å². The Morgan fingerprint density at radius 1 is 1.37 bits per heavy atom. The molecule has 1 heterocycles. The number of rotatable bonds is 7. The highest BCUT2D eigenvalue weighted by molar-refractivity contribution is 5.52. The predicted molar refractivity (Wildman–Crippen MR) is 75.3 cm³/mol. The van der Waals surface area contributed by atoms with E-state index in [-0.39, 0.29) is 6.10 Å². The van der Waals surface area contributed by atoms with Crippen molar-refractivity contribution in [1.29, 1.82) is 0 Å². The molecule has 0 amide bonds. The molecule has 4 nitrogen and oxygen atoms in total. The van der Waals surface area contributed by atoms with Gasteiger partial charge in [0.25, 0.3) is 0 Å². The van der Waals surface area contributed by atoms with Crippen LogP contribution in [0.2, 0.25) is 0 Å². The Labute approximate surface area is 115 Å². The molecule has 0 bridgehead atoms. The summed E-state index contributed by atoms with van der Waals surface area (Å²) in [5.74, 6) is 2.27. The summed E-state index contributed by atoms with van der Waals surface area (Å²) in [4.78, 5) is 0. The van der Waals surface area contributed by atoms with Crippen molar-refractivity contribution < 1.29 is 14.2 Å². The quantitative estimate of drug-likeness (QED) is 0.769. The van der Waals surface area contributed by atoms with Crippen LogP contribution in [0.1, 0.15) is 26.7 Å². The molecule has 1 aromatic carbocycles. The van der Waals surface area contributed by atoms with Crippen molar-refractivity contribution in [3.63, 3.8) is 0 Å². The standard InChI is InChI=1S/C15H23NO3/c1-3-5-9-16-10-12-11-18-15-13(17-4-2)7-6-8-14(15)19-12/h6-8,12,16H,3-5,9-11H2,1-2H3. The number of para-hydroxylation sites is 1. The van der Waals surface area contributed by atoms with Crippen LogP contribution in [0, 0.1) is 0 Å². The number of benzene rings is 1. The Kier molecular flexibility index (Phi) is 5.33. The zero-order valence-corrected chi connectivity index (χ0v) is 11.8. The first-order valence-corrected chi connectivity index (χ1v) is 7.11. The molecule has 0 saturated carbocycles. The molecule has 0 fully saturated rings. The maximum atomic E-state index is 5.93. The number of fused-ring (bicyclic) bond motifs is 1. The minimum absolute atomic E-state index is 0.0706. The number of hydrogen-bond donors (Lipinski definition) is 1. The molecule has 4 heteroatoms. The third-order valence-corrected chi connectivity index (χ3v) is 3.03. The molecule has 0 saturated heterocycles. The van der Waals surface area contributed by atoms with E-state index in [0.29, 0.717) is 13.2 Å². The smallest absolute Gasteiger partial charge is 0.203 e. The molecule has 2 rings (SSSR count). The van der Waals surface area contributed by atoms with Crippen molar-refractivity contribution in [3.8, 4) is 17.2 Å². The predicted octanol–water partition coefficient (Wildman–Crippen LogP) is 2.61. The number of ether oxygens (including phenoxy) is 3. The van der Waals surface area contributed by atoms with Gasteiger partial charge in [0.05, 0.1) is 6.61 Å². The topological polar surface area (TPSA) is 39.7 Å². The molecule has 0 aromatic heterocycles. The van der Waals surface area contributed by atoms with E-state index in [1.807, 2.05) is 25.1 Å². The van der Waals surface area contributed by atoms with Gasteiger partial charge < -0.3 is 19.5 Å². The van der Waals surface area contributed by atoms with Gasteiger partial charge in [0.1, 0.15) is 12.7 Å². The van der Waals surface area contributed by atoms with Gasteiger partial charge in [0.15, 0.2) is 11.5 Å². The second-order valence-electron chi connectivity index (χ2n) is 4.62. The first-order chi connectivity index (χ1) is 9.35. The van der Waals surface area contributed by atoms with E-state index in [9.17, 15) is 0 Å². The fraction of sp³-hybridized carbons (Fsp3) is 0.600. The van der Waals surface area contributed by atoms with Crippen molar-refractivity contribution in [2.24, 2.45) is 0 Å². The van der Waals surface area contributed by atoms with E-state index in [1.165, 1.54) is 12.8 Å². The van der Waals surface area contributed by atoms with Gasteiger partial charge in [-0.05, 0) is 32.0 Å². The van der Waals surface area contributed by atoms with Gasteiger partial charge in [0.2, 0.25) is 5.75 Å². The molecule has 1 aromatic rings. The number of nitrogens with one attached hydrogen (secondary N) is 1. The molecule has 1 aliphatic rings. The molecule has 1 unspecified atom stereocenters. The lowest BCUT2D eigenvalue weighted by Gasteiger charge is -2.27. The Balaban J connectivity index is 1.91. The summed E-state index contributed by atoms with van der Waals surface area (Å²) in [6.45, 7) is 7.19. The molecule has 1 N–H and O–H groups in total. The highest BCUT2D eigenvalue weighted by Crippen LogP contribution is 2.39. The summed E-state index contributed by atoms with van der Waals surface area (Å²) >= 11 is 0. The summed E-state index contributed by atoms with van der Waals surface area (Å²) < 4.78 is 17.3. The molecule has 1 aliphatic heterocycles. The Hall–Kier alpha value is -1.42. The van der Waals surface area contributed by atoms with E-state index in [2.05, 4.69) is 12.2 Å². The van der Waals surface area contributed by atoms with Crippen LogP contribution in [0.5, 0.6) is 17.2 Å². The van der Waals surface area contributed by atoms with Crippen LogP contribution in [0.15, 0.2) is 18.2 Å². The molecular weight excluding hydrogens is 242 g/mol. The van der Waals surface area contributed by atoms with Crippen molar-refractivity contribution in [3.05, 3.63) is 18.2 Å². The van der Waals surface area contributed by atoms with Crippen molar-refractivity contribution in [2.75, 3.05) is 26.3 Å². The van der Waals surface area contributed by atoms with E-state index < -0.39 is 0 Å². The zero-order valence-electron chi connectivity index (χ0n) is 11.8. The maximum Gasteiger partial charge on any atom is 0.203 e. The Bertz CT molecular complexity index is 395. The highest BCUT2D eigenvalue weighted by Gasteiger charge is 2.23. The van der Waals surface area contributed by atoms with Crippen molar-refractivity contribution in [1.82, 2.24) is 5.32 Å². The second kappa shape index (κ2) is 7.24. The van der Waals surface area contributed by atoms with E-state index in [4.69, 9.17) is 14.2 Å². The highest BCUT2D eigenvalue weighted by atomic mass is 16.6. The normalized spacial score (nSPS) is 17.3. The van der Waals surface area contributed by atoms with Crippen LogP contribution in [0.3, 0.4) is 0 Å². The first-order valence-electron chi connectivity index (χ1n) is 7.11. The fourth-order valence-corrected chi connectivity index (χ4v) is 2.06. The molecule has 0 radical (unpaired) electrons. The summed E-state index contributed by atoms with van der Waals surface area (Å²) in [6.07, 6.45) is 2.47. The van der Waals surface area contributed by atoms with Crippen LogP contribution in [0.4, 0.5) is 0 Å². The average Bonchev–Trinajstić information content (AvgIpc) is 2.44. The molecule has 19 heavy (non-hydrogen) atoms. The van der Waals surface area contributed by atoms with Crippen LogP contribution in [0.25, 0.3) is 0 Å². The van der Waals surface area contributed by atoms with Gasteiger partial charge >= 0.3 is 0 Å². The molecule has 0 spiro atoms. The second-order valence-corrected chi connectivity index (χ2v) is 4.62. The Morgan fingerprint density at radius 3 is 3.05 bits per heavy atom. The van der Waals surface area contributed by atoms with E-state index in [0.717, 1.165) is 30.3 Å². The fourth-order valence-electron chi connectivity index (χ4n) is 2.06. The lowest BCUT2D eigenvalue weighted by molar-refractivity contribution is 0.0865. The number of unbranched alkanes of at least 4 members (excludes halogenated alkanes) is 1. The first kappa shape index (κ1) is 14.0. The third-order valence-electron chi connectivity index (χ3n) is 3.03. The van der Waals surface area contributed by atoms with Crippen molar-refractivity contribution >= 4 is 0 Å². The summed E-state index contributed by atoms with van der Waals surface area (Å²) in [5, 5.41) is 3.39. The monoisotopic (exact) mass is 265 g/mol. The van der Waals surface area contributed by atoms with Gasteiger partial charge in [-0.1, -0.05) is 19.4 Å². The van der Waals surface area contributed by atoms with Crippen molar-refractivity contribution in [2.45, 2.75) is 32.8 Å². The lowest BCUT2D eigenvalue weighted by Crippen LogP contribution is -2.38. The average molecular weight is 265 g/mol. The lowest BCUT2D eigenvalue weighted by atomic mass is 10.2. The van der Waals surface area contributed by atoms with Gasteiger partial charge in [-0.15, -0.1) is 0 Å². The van der Waals surface area contributed by atoms with Crippen LogP contribution in [-0.4, -0.2) is 32.4 Å². The van der Waals surface area contributed by atoms with Gasteiger partial charge in [-0.25, -0.2) is 0 Å². The number of hydrogen-bond acceptors (Lipinski definition) is 4. The summed E-state index contributed by atoms with van der Waals surface area (Å²) in [6, 6.07) is 5.77. The van der Waals surface area contributed by atoms with Crippen LogP contribution in [-0.2, 0) is 0 Å².